The lowest BCUT2D eigenvalue weighted by atomic mass is 9.73. The van der Waals surface area contributed by atoms with E-state index in [1.165, 1.54) is 37.7 Å². The molecule has 1 saturated carbocycles. The quantitative estimate of drug-likeness (QED) is 0.625. The van der Waals surface area contributed by atoms with Gasteiger partial charge in [-0.25, -0.2) is 0 Å². The molecule has 0 N–H and O–H groups in total. The number of piperidine rings is 1. The first kappa shape index (κ1) is 23.3. The van der Waals surface area contributed by atoms with Gasteiger partial charge in [-0.15, -0.1) is 0 Å². The maximum atomic E-state index is 12.9. The van der Waals surface area contributed by atoms with Crippen LogP contribution >= 0.6 is 0 Å². The van der Waals surface area contributed by atoms with Crippen LogP contribution in [0.3, 0.4) is 0 Å². The predicted molar refractivity (Wildman–Crippen MR) is 126 cm³/mol. The second-order valence-corrected chi connectivity index (χ2v) is 10.2. The van der Waals surface area contributed by atoms with E-state index in [1.807, 2.05) is 18.0 Å². The van der Waals surface area contributed by atoms with E-state index in [-0.39, 0.29) is 17.2 Å². The van der Waals surface area contributed by atoms with Crippen molar-refractivity contribution in [1.82, 2.24) is 9.80 Å². The number of hydrogen-bond donors (Lipinski definition) is 0. The molecule has 2 saturated heterocycles. The van der Waals surface area contributed by atoms with Crippen LogP contribution in [0.15, 0.2) is 30.3 Å². The SMILES string of the molecule is CN(CC1(c2ccccc2)CCOCC1)C(=O)CCCC(=O)N1CCCC2CCCCC21. The Balaban J connectivity index is 1.28. The Kier molecular flexibility index (Phi) is 7.88. The van der Waals surface area contributed by atoms with E-state index in [4.69, 9.17) is 4.74 Å². The number of likely N-dealkylation sites (tertiary alicyclic amines) is 1. The Morgan fingerprint density at radius 3 is 2.53 bits per heavy atom. The molecule has 5 heteroatoms. The third kappa shape index (κ3) is 5.36. The van der Waals surface area contributed by atoms with Gasteiger partial charge in [0, 0.05) is 57.6 Å². The van der Waals surface area contributed by atoms with Crippen molar-refractivity contribution >= 4 is 11.8 Å². The summed E-state index contributed by atoms with van der Waals surface area (Å²) < 4.78 is 5.63. The standard InChI is InChI=1S/C27H40N2O3/c1-28(21-27(16-19-32-20-17-27)23-11-3-2-4-12-23)25(30)14-7-15-26(31)29-18-8-10-22-9-5-6-13-24(22)29/h2-4,11-12,22,24H,5-10,13-21H2,1H3. The zero-order valence-electron chi connectivity index (χ0n) is 19.8. The van der Waals surface area contributed by atoms with Crippen LogP contribution in [0.5, 0.6) is 0 Å². The zero-order valence-corrected chi connectivity index (χ0v) is 19.8. The van der Waals surface area contributed by atoms with Crippen LogP contribution in [-0.2, 0) is 19.7 Å². The molecular formula is C27H40N2O3. The fraction of sp³-hybridized carbons (Fsp3) is 0.704. The number of likely N-dealkylation sites (N-methyl/N-ethyl adjacent to an activating group) is 1. The Hall–Kier alpha value is -1.88. The number of benzene rings is 1. The van der Waals surface area contributed by atoms with Crippen molar-refractivity contribution in [2.24, 2.45) is 5.92 Å². The van der Waals surface area contributed by atoms with E-state index in [2.05, 4.69) is 29.2 Å². The van der Waals surface area contributed by atoms with Gasteiger partial charge >= 0.3 is 0 Å². The van der Waals surface area contributed by atoms with Crippen LogP contribution in [0, 0.1) is 5.92 Å². The van der Waals surface area contributed by atoms with Gasteiger partial charge in [0.25, 0.3) is 0 Å². The number of carbonyl (C=O) groups is 2. The first-order valence-corrected chi connectivity index (χ1v) is 12.8. The van der Waals surface area contributed by atoms with Gasteiger partial charge < -0.3 is 14.5 Å². The minimum absolute atomic E-state index is 0.0382. The van der Waals surface area contributed by atoms with E-state index >= 15 is 0 Å². The molecule has 0 radical (unpaired) electrons. The van der Waals surface area contributed by atoms with E-state index in [0.29, 0.717) is 37.8 Å². The molecule has 176 valence electrons. The van der Waals surface area contributed by atoms with Crippen LogP contribution in [0.1, 0.15) is 76.2 Å². The third-order valence-electron chi connectivity index (χ3n) is 8.15. The smallest absolute Gasteiger partial charge is 0.222 e. The van der Waals surface area contributed by atoms with Crippen molar-refractivity contribution in [2.45, 2.75) is 82.1 Å². The summed E-state index contributed by atoms with van der Waals surface area (Å²) >= 11 is 0. The Morgan fingerprint density at radius 1 is 1.03 bits per heavy atom. The number of fused-ring (bicyclic) bond motifs is 1. The maximum absolute atomic E-state index is 12.9. The molecule has 32 heavy (non-hydrogen) atoms. The van der Waals surface area contributed by atoms with Crippen LogP contribution < -0.4 is 0 Å². The molecule has 4 rings (SSSR count). The molecule has 1 aliphatic carbocycles. The summed E-state index contributed by atoms with van der Waals surface area (Å²) in [6.07, 6.45) is 10.9. The average Bonchev–Trinajstić information content (AvgIpc) is 2.84. The zero-order chi connectivity index (χ0) is 22.4. The number of amides is 2. The number of rotatable bonds is 7. The van der Waals surface area contributed by atoms with Gasteiger partial charge in [0.1, 0.15) is 0 Å². The molecule has 0 spiro atoms. The second-order valence-electron chi connectivity index (χ2n) is 10.2. The van der Waals surface area contributed by atoms with Crippen LogP contribution in [0.25, 0.3) is 0 Å². The summed E-state index contributed by atoms with van der Waals surface area (Å²) in [4.78, 5) is 29.9. The lowest BCUT2D eigenvalue weighted by Gasteiger charge is -2.44. The molecule has 3 aliphatic rings. The number of ether oxygens (including phenoxy) is 1. The molecule has 3 fully saturated rings. The molecule has 1 aromatic carbocycles. The van der Waals surface area contributed by atoms with Crippen molar-refractivity contribution < 1.29 is 14.3 Å². The van der Waals surface area contributed by atoms with Crippen molar-refractivity contribution in [3.05, 3.63) is 35.9 Å². The second kappa shape index (κ2) is 10.8. The molecule has 2 atom stereocenters. The van der Waals surface area contributed by atoms with Crippen molar-refractivity contribution in [3.63, 3.8) is 0 Å². The van der Waals surface area contributed by atoms with E-state index in [9.17, 15) is 9.59 Å². The molecule has 2 heterocycles. The van der Waals surface area contributed by atoms with E-state index in [0.717, 1.165) is 39.0 Å². The molecule has 2 unspecified atom stereocenters. The molecule has 0 aromatic heterocycles. The highest BCUT2D eigenvalue weighted by atomic mass is 16.5. The van der Waals surface area contributed by atoms with Gasteiger partial charge in [-0.3, -0.25) is 9.59 Å². The Labute approximate surface area is 193 Å². The lowest BCUT2D eigenvalue weighted by Crippen LogP contribution is -2.49. The van der Waals surface area contributed by atoms with Crippen LogP contribution in [-0.4, -0.2) is 61.0 Å². The minimum atomic E-state index is -0.0382. The molecule has 0 bridgehead atoms. The third-order valence-corrected chi connectivity index (χ3v) is 8.15. The molecular weight excluding hydrogens is 400 g/mol. The number of carbonyl (C=O) groups excluding carboxylic acids is 2. The van der Waals surface area contributed by atoms with Crippen LogP contribution in [0.2, 0.25) is 0 Å². The number of nitrogens with zero attached hydrogens (tertiary/aromatic N) is 2. The minimum Gasteiger partial charge on any atom is -0.381 e. The van der Waals surface area contributed by atoms with Crippen molar-refractivity contribution in [1.29, 1.82) is 0 Å². The highest BCUT2D eigenvalue weighted by Gasteiger charge is 2.37. The summed E-state index contributed by atoms with van der Waals surface area (Å²) in [5.74, 6) is 1.12. The summed E-state index contributed by atoms with van der Waals surface area (Å²) in [7, 11) is 1.92. The fourth-order valence-electron chi connectivity index (χ4n) is 6.29. The van der Waals surface area contributed by atoms with E-state index < -0.39 is 0 Å². The van der Waals surface area contributed by atoms with Gasteiger partial charge in [-0.05, 0) is 56.4 Å². The lowest BCUT2D eigenvalue weighted by molar-refractivity contribution is -0.138. The first-order valence-electron chi connectivity index (χ1n) is 12.8. The molecule has 1 aromatic rings. The van der Waals surface area contributed by atoms with Crippen molar-refractivity contribution in [3.8, 4) is 0 Å². The Morgan fingerprint density at radius 2 is 1.75 bits per heavy atom. The average molecular weight is 441 g/mol. The fourth-order valence-corrected chi connectivity index (χ4v) is 6.29. The van der Waals surface area contributed by atoms with Gasteiger partial charge in [-0.2, -0.15) is 0 Å². The van der Waals surface area contributed by atoms with Gasteiger partial charge in [0.05, 0.1) is 0 Å². The normalized spacial score (nSPS) is 25.1. The van der Waals surface area contributed by atoms with Crippen LogP contribution in [0.4, 0.5) is 0 Å². The molecule has 5 nitrogen and oxygen atoms in total. The van der Waals surface area contributed by atoms with E-state index in [1.54, 1.807) is 0 Å². The first-order chi connectivity index (χ1) is 15.6. The molecule has 2 amide bonds. The molecule has 2 aliphatic heterocycles. The monoisotopic (exact) mass is 440 g/mol. The Bertz CT molecular complexity index is 757. The summed E-state index contributed by atoms with van der Waals surface area (Å²) in [6, 6.07) is 11.0. The van der Waals surface area contributed by atoms with Gasteiger partial charge in [-0.1, -0.05) is 43.2 Å². The highest BCUT2D eigenvalue weighted by molar-refractivity contribution is 5.79. The van der Waals surface area contributed by atoms with Crippen molar-refractivity contribution in [2.75, 3.05) is 33.4 Å². The van der Waals surface area contributed by atoms with Gasteiger partial charge in [0.2, 0.25) is 11.8 Å². The summed E-state index contributed by atoms with van der Waals surface area (Å²) in [5, 5.41) is 0. The maximum Gasteiger partial charge on any atom is 0.222 e. The summed E-state index contributed by atoms with van der Waals surface area (Å²) in [5.41, 5.74) is 1.26. The highest BCUT2D eigenvalue weighted by Crippen LogP contribution is 2.37. The summed E-state index contributed by atoms with van der Waals surface area (Å²) in [6.45, 7) is 3.10. The van der Waals surface area contributed by atoms with Gasteiger partial charge in [0.15, 0.2) is 0 Å². The predicted octanol–water partition coefficient (Wildman–Crippen LogP) is 4.54. The number of hydrogen-bond acceptors (Lipinski definition) is 3. The topological polar surface area (TPSA) is 49.9 Å². The largest absolute Gasteiger partial charge is 0.381 e.